The van der Waals surface area contributed by atoms with Gasteiger partial charge in [-0.15, -0.1) is 34.8 Å². The molecule has 4 rings (SSSR count). The molecule has 0 aromatic rings. The molecule has 0 aromatic carbocycles. The molecule has 184 valence electrons. The summed E-state index contributed by atoms with van der Waals surface area (Å²) in [6, 6.07) is -0.550. The zero-order valence-corrected chi connectivity index (χ0v) is 21.9. The highest BCUT2D eigenvalue weighted by atomic mass is 35.5. The van der Waals surface area contributed by atoms with Gasteiger partial charge in [-0.05, 0) is 37.0 Å². The number of likely N-dealkylation sites (tertiary alicyclic amines) is 1. The minimum absolute atomic E-state index is 0.142. The number of methoxy groups -OCH3 is 1. The van der Waals surface area contributed by atoms with Crippen molar-refractivity contribution < 1.29 is 19.4 Å². The van der Waals surface area contributed by atoms with E-state index in [1.165, 1.54) is 7.11 Å². The van der Waals surface area contributed by atoms with E-state index in [1.807, 2.05) is 18.2 Å². The number of alkyl halides is 3. The summed E-state index contributed by atoms with van der Waals surface area (Å²) in [4.78, 5) is 29.2. The van der Waals surface area contributed by atoms with E-state index in [9.17, 15) is 14.7 Å². The standard InChI is InChI=1S/C25H27Cl4NO4/c1-12-20(24(32)16-8-9-17(27)22(29)21(16)28)23(13-3-5-14(26)6-4-13)30(25(12)33)15-7-10-19(34-2)18(31)11-15/h3-5,7,10,12,14,17-18,20,22-23,31H,6,8-9,11H2,1-2H3. The predicted octanol–water partition coefficient (Wildman–Crippen LogP) is 5.19. The van der Waals surface area contributed by atoms with Gasteiger partial charge in [0, 0.05) is 28.6 Å². The summed E-state index contributed by atoms with van der Waals surface area (Å²) in [5, 5.41) is 9.65. The summed E-state index contributed by atoms with van der Waals surface area (Å²) in [5.74, 6) is -1.19. The first-order chi connectivity index (χ1) is 16.1. The zero-order chi connectivity index (χ0) is 24.7. The van der Waals surface area contributed by atoms with Crippen LogP contribution in [0.4, 0.5) is 0 Å². The van der Waals surface area contributed by atoms with E-state index < -0.39 is 29.4 Å². The molecule has 1 aliphatic heterocycles. The fourth-order valence-corrected chi connectivity index (χ4v) is 6.23. The first-order valence-corrected chi connectivity index (χ1v) is 13.0. The summed E-state index contributed by atoms with van der Waals surface area (Å²) in [7, 11) is 1.49. The monoisotopic (exact) mass is 545 g/mol. The molecule has 9 heteroatoms. The van der Waals surface area contributed by atoms with E-state index in [0.29, 0.717) is 36.3 Å². The van der Waals surface area contributed by atoms with Crippen molar-refractivity contribution in [3.63, 3.8) is 0 Å². The molecule has 5 nitrogen and oxygen atoms in total. The van der Waals surface area contributed by atoms with Crippen LogP contribution in [0.25, 0.3) is 0 Å². The lowest BCUT2D eigenvalue weighted by molar-refractivity contribution is -0.130. The Hall–Kier alpha value is -1.24. The largest absolute Gasteiger partial charge is 0.498 e. The maximum Gasteiger partial charge on any atom is 0.230 e. The first-order valence-electron chi connectivity index (χ1n) is 11.3. The second-order valence-corrected chi connectivity index (χ2v) is 11.1. The average molecular weight is 547 g/mol. The second kappa shape index (κ2) is 10.4. The molecule has 7 atom stereocenters. The third-order valence-electron chi connectivity index (χ3n) is 7.04. The van der Waals surface area contributed by atoms with Gasteiger partial charge in [-0.2, -0.15) is 0 Å². The van der Waals surface area contributed by atoms with Crippen LogP contribution in [-0.2, 0) is 14.3 Å². The van der Waals surface area contributed by atoms with Crippen LogP contribution in [0, 0.1) is 11.8 Å². The molecule has 0 spiro atoms. The number of ether oxygens (including phenoxy) is 1. The van der Waals surface area contributed by atoms with E-state index in [1.54, 1.807) is 24.0 Å². The maximum atomic E-state index is 13.9. The van der Waals surface area contributed by atoms with Crippen molar-refractivity contribution in [3.05, 3.63) is 58.0 Å². The number of allylic oxidation sites excluding steroid dienone is 6. The van der Waals surface area contributed by atoms with Crippen molar-refractivity contribution in [1.82, 2.24) is 4.90 Å². The Kier molecular flexibility index (Phi) is 7.90. The summed E-state index contributed by atoms with van der Waals surface area (Å²) in [6.07, 6.45) is 10.0. The molecular weight excluding hydrogens is 520 g/mol. The Morgan fingerprint density at radius 2 is 1.97 bits per heavy atom. The Balaban J connectivity index is 1.78. The molecule has 1 heterocycles. The number of aliphatic hydroxyl groups excluding tert-OH is 1. The van der Waals surface area contributed by atoms with E-state index in [-0.39, 0.29) is 33.9 Å². The molecule has 0 radical (unpaired) electrons. The van der Waals surface area contributed by atoms with Gasteiger partial charge in [0.1, 0.15) is 11.9 Å². The first kappa shape index (κ1) is 25.8. The van der Waals surface area contributed by atoms with Crippen LogP contribution < -0.4 is 0 Å². The number of hydrogen-bond donors (Lipinski definition) is 1. The highest BCUT2D eigenvalue weighted by Crippen LogP contribution is 2.45. The molecule has 34 heavy (non-hydrogen) atoms. The smallest absolute Gasteiger partial charge is 0.230 e. The van der Waals surface area contributed by atoms with Crippen LogP contribution in [0.5, 0.6) is 0 Å². The minimum Gasteiger partial charge on any atom is -0.498 e. The average Bonchev–Trinajstić information content (AvgIpc) is 3.08. The van der Waals surface area contributed by atoms with Gasteiger partial charge in [0.2, 0.25) is 5.91 Å². The number of Topliss-reactive ketones (excluding diaryl/α,β-unsaturated/α-hetero) is 1. The summed E-state index contributed by atoms with van der Waals surface area (Å²) in [5.41, 5.74) is 1.92. The molecule has 1 N–H and O–H groups in total. The van der Waals surface area contributed by atoms with Gasteiger partial charge in [0.15, 0.2) is 5.78 Å². The summed E-state index contributed by atoms with van der Waals surface area (Å²) >= 11 is 25.4. The number of ketones is 1. The van der Waals surface area contributed by atoms with Crippen molar-refractivity contribution >= 4 is 58.1 Å². The van der Waals surface area contributed by atoms with Crippen LogP contribution >= 0.6 is 46.4 Å². The molecule has 1 amide bonds. The lowest BCUT2D eigenvalue weighted by Gasteiger charge is -2.34. The number of nitrogens with zero attached hydrogens (tertiary/aromatic N) is 1. The maximum absolute atomic E-state index is 13.9. The number of rotatable bonds is 5. The van der Waals surface area contributed by atoms with Gasteiger partial charge >= 0.3 is 0 Å². The Bertz CT molecular complexity index is 1030. The van der Waals surface area contributed by atoms with Crippen LogP contribution in [0.3, 0.4) is 0 Å². The Morgan fingerprint density at radius 1 is 1.24 bits per heavy atom. The van der Waals surface area contributed by atoms with Crippen molar-refractivity contribution in [3.8, 4) is 0 Å². The molecule has 1 fully saturated rings. The predicted molar refractivity (Wildman–Crippen MR) is 135 cm³/mol. The van der Waals surface area contributed by atoms with E-state index in [4.69, 9.17) is 51.1 Å². The molecule has 1 saturated heterocycles. The normalized spacial score (nSPS) is 36.3. The van der Waals surface area contributed by atoms with Crippen molar-refractivity contribution in [1.29, 1.82) is 0 Å². The third-order valence-corrected chi connectivity index (χ3v) is 9.06. The number of aliphatic hydroxyl groups is 1. The summed E-state index contributed by atoms with van der Waals surface area (Å²) in [6.45, 7) is 1.77. The SMILES string of the molecule is COC1=CC=C(N2C(=O)C(C)C(C(=O)C3=C(Cl)C(Cl)C(Cl)CC3)C2C2=CCC(Cl)C=C2)CC1O. The second-order valence-electron chi connectivity index (χ2n) is 9.08. The third kappa shape index (κ3) is 4.62. The van der Waals surface area contributed by atoms with Crippen LogP contribution in [0.15, 0.2) is 58.0 Å². The Labute approximate surface area is 219 Å². The van der Waals surface area contributed by atoms with Gasteiger partial charge in [-0.1, -0.05) is 36.8 Å². The lowest BCUT2D eigenvalue weighted by atomic mass is 9.78. The van der Waals surface area contributed by atoms with Crippen LogP contribution in [0.1, 0.15) is 32.6 Å². The number of amides is 1. The van der Waals surface area contributed by atoms with E-state index >= 15 is 0 Å². The van der Waals surface area contributed by atoms with Crippen molar-refractivity contribution in [2.45, 2.75) is 60.9 Å². The zero-order valence-electron chi connectivity index (χ0n) is 18.9. The van der Waals surface area contributed by atoms with Gasteiger partial charge in [0.05, 0.1) is 35.2 Å². The van der Waals surface area contributed by atoms with Crippen molar-refractivity contribution in [2.24, 2.45) is 11.8 Å². The van der Waals surface area contributed by atoms with Crippen molar-refractivity contribution in [2.75, 3.05) is 7.11 Å². The summed E-state index contributed by atoms with van der Waals surface area (Å²) < 4.78 is 5.21. The van der Waals surface area contributed by atoms with Gasteiger partial charge in [-0.3, -0.25) is 9.59 Å². The topological polar surface area (TPSA) is 66.8 Å². The minimum atomic E-state index is -0.875. The molecule has 3 aliphatic carbocycles. The fourth-order valence-electron chi connectivity index (χ4n) is 5.18. The number of carbonyl (C=O) groups excluding carboxylic acids is 2. The van der Waals surface area contributed by atoms with Crippen LogP contribution in [-0.4, -0.2) is 57.1 Å². The van der Waals surface area contributed by atoms with E-state index in [2.05, 4.69) is 0 Å². The molecular formula is C25H27Cl4NO4. The molecule has 0 bridgehead atoms. The molecule has 7 unspecified atom stereocenters. The quantitative estimate of drug-likeness (QED) is 0.482. The number of halogens is 4. The molecule has 0 aromatic heterocycles. The van der Waals surface area contributed by atoms with Gasteiger partial charge in [-0.25, -0.2) is 0 Å². The van der Waals surface area contributed by atoms with Gasteiger partial charge < -0.3 is 14.7 Å². The van der Waals surface area contributed by atoms with Gasteiger partial charge in [0.25, 0.3) is 0 Å². The Morgan fingerprint density at radius 3 is 2.59 bits per heavy atom. The van der Waals surface area contributed by atoms with E-state index in [0.717, 1.165) is 5.57 Å². The number of hydrogen-bond acceptors (Lipinski definition) is 4. The highest BCUT2D eigenvalue weighted by molar-refractivity contribution is 6.42. The highest BCUT2D eigenvalue weighted by Gasteiger charge is 2.53. The fraction of sp³-hybridized carbons (Fsp3) is 0.520. The molecule has 4 aliphatic rings. The van der Waals surface area contributed by atoms with Crippen LogP contribution in [0.2, 0.25) is 0 Å². The molecule has 0 saturated carbocycles. The lowest BCUT2D eigenvalue weighted by Crippen LogP contribution is -2.40. The number of carbonyl (C=O) groups is 2.